The Bertz CT molecular complexity index is 150. The van der Waals surface area contributed by atoms with Crippen LogP contribution in [0.15, 0.2) is 0 Å². The third-order valence-corrected chi connectivity index (χ3v) is 1.98. The Labute approximate surface area is 60.6 Å². The van der Waals surface area contributed by atoms with Crippen molar-refractivity contribution in [1.29, 1.82) is 0 Å². The lowest BCUT2D eigenvalue weighted by Gasteiger charge is -2.36. The van der Waals surface area contributed by atoms with E-state index in [1.807, 2.05) is 0 Å². The molecule has 0 heterocycles. The third kappa shape index (κ3) is 1.01. The van der Waals surface area contributed by atoms with Crippen molar-refractivity contribution < 1.29 is 9.90 Å². The average molecular weight is 143 g/mol. The number of carbonyl (C=O) groups excluding carboxylic acids is 1. The number of nitrogens with zero attached hydrogens (tertiary/aromatic N) is 1. The van der Waals surface area contributed by atoms with Gasteiger partial charge in [0.2, 0.25) is 0 Å². The van der Waals surface area contributed by atoms with Crippen LogP contribution in [0.4, 0.5) is 0 Å². The number of hydrogen-bond donors (Lipinski definition) is 1. The van der Waals surface area contributed by atoms with Crippen LogP contribution in [0.3, 0.4) is 0 Å². The van der Waals surface area contributed by atoms with Gasteiger partial charge in [0.15, 0.2) is 0 Å². The van der Waals surface area contributed by atoms with Gasteiger partial charge in [0.05, 0.1) is 0 Å². The highest BCUT2D eigenvalue weighted by molar-refractivity contribution is 5.85. The van der Waals surface area contributed by atoms with E-state index < -0.39 is 5.60 Å². The molecule has 1 aliphatic carbocycles. The van der Waals surface area contributed by atoms with E-state index in [4.69, 9.17) is 0 Å². The highest BCUT2D eigenvalue weighted by Crippen LogP contribution is 2.32. The lowest BCUT2D eigenvalue weighted by molar-refractivity contribution is -0.157. The van der Waals surface area contributed by atoms with Crippen molar-refractivity contribution >= 4 is 5.91 Å². The topological polar surface area (TPSA) is 40.5 Å². The molecule has 0 spiro atoms. The lowest BCUT2D eigenvalue weighted by atomic mass is 9.79. The average Bonchev–Trinajstić information content (AvgIpc) is 1.81. The minimum absolute atomic E-state index is 0.154. The Kier molecular flexibility index (Phi) is 1.68. The lowest BCUT2D eigenvalue weighted by Crippen LogP contribution is -2.50. The molecular weight excluding hydrogens is 130 g/mol. The van der Waals surface area contributed by atoms with Gasteiger partial charge in [-0.05, 0) is 19.3 Å². The molecule has 0 aliphatic heterocycles. The molecule has 1 aliphatic rings. The SMILES string of the molecule is CN(C)C(=O)C1(O)CCC1. The van der Waals surface area contributed by atoms with Crippen molar-refractivity contribution in [2.75, 3.05) is 14.1 Å². The van der Waals surface area contributed by atoms with Crippen LogP contribution in [-0.4, -0.2) is 35.6 Å². The van der Waals surface area contributed by atoms with E-state index >= 15 is 0 Å². The molecule has 1 amide bonds. The third-order valence-electron chi connectivity index (χ3n) is 1.98. The van der Waals surface area contributed by atoms with Crippen LogP contribution in [0.1, 0.15) is 19.3 Å². The van der Waals surface area contributed by atoms with Gasteiger partial charge in [0.1, 0.15) is 5.60 Å². The van der Waals surface area contributed by atoms with Crippen LogP contribution >= 0.6 is 0 Å². The Morgan fingerprint density at radius 2 is 2.00 bits per heavy atom. The Hall–Kier alpha value is -0.570. The molecule has 0 unspecified atom stereocenters. The highest BCUT2D eigenvalue weighted by atomic mass is 16.3. The Morgan fingerprint density at radius 1 is 1.50 bits per heavy atom. The van der Waals surface area contributed by atoms with E-state index in [-0.39, 0.29) is 5.91 Å². The fourth-order valence-corrected chi connectivity index (χ4v) is 1.14. The van der Waals surface area contributed by atoms with Gasteiger partial charge in [-0.25, -0.2) is 0 Å². The fourth-order valence-electron chi connectivity index (χ4n) is 1.14. The zero-order valence-electron chi connectivity index (χ0n) is 6.42. The smallest absolute Gasteiger partial charge is 0.254 e. The molecule has 0 radical (unpaired) electrons. The van der Waals surface area contributed by atoms with E-state index in [9.17, 15) is 9.90 Å². The minimum Gasteiger partial charge on any atom is -0.380 e. The molecule has 3 heteroatoms. The minimum atomic E-state index is -1.01. The Morgan fingerprint density at radius 3 is 2.10 bits per heavy atom. The van der Waals surface area contributed by atoms with E-state index in [0.29, 0.717) is 12.8 Å². The molecule has 10 heavy (non-hydrogen) atoms. The van der Waals surface area contributed by atoms with Crippen LogP contribution in [0.2, 0.25) is 0 Å². The first-order valence-corrected chi connectivity index (χ1v) is 3.50. The van der Waals surface area contributed by atoms with E-state index in [0.717, 1.165) is 6.42 Å². The molecule has 1 saturated carbocycles. The predicted molar refractivity (Wildman–Crippen MR) is 37.5 cm³/mol. The summed E-state index contributed by atoms with van der Waals surface area (Å²) >= 11 is 0. The molecule has 0 aromatic heterocycles. The molecule has 0 atom stereocenters. The summed E-state index contributed by atoms with van der Waals surface area (Å²) < 4.78 is 0. The van der Waals surface area contributed by atoms with Crippen LogP contribution in [0.25, 0.3) is 0 Å². The Balaban J connectivity index is 2.55. The van der Waals surface area contributed by atoms with Gasteiger partial charge in [-0.1, -0.05) is 0 Å². The second kappa shape index (κ2) is 2.23. The van der Waals surface area contributed by atoms with Crippen molar-refractivity contribution in [3.8, 4) is 0 Å². The number of likely N-dealkylation sites (N-methyl/N-ethyl adjacent to an activating group) is 1. The van der Waals surface area contributed by atoms with Crippen molar-refractivity contribution in [3.63, 3.8) is 0 Å². The molecule has 1 rings (SSSR count). The summed E-state index contributed by atoms with van der Waals surface area (Å²) in [5.41, 5.74) is -1.01. The van der Waals surface area contributed by atoms with Gasteiger partial charge in [0, 0.05) is 14.1 Å². The molecule has 0 bridgehead atoms. The van der Waals surface area contributed by atoms with Crippen molar-refractivity contribution in [1.82, 2.24) is 4.90 Å². The number of rotatable bonds is 1. The standard InChI is InChI=1S/C7H13NO2/c1-8(2)6(9)7(10)4-3-5-7/h10H,3-5H2,1-2H3. The molecule has 0 aromatic rings. The van der Waals surface area contributed by atoms with Gasteiger partial charge in [-0.15, -0.1) is 0 Å². The molecule has 58 valence electrons. The summed E-state index contributed by atoms with van der Waals surface area (Å²) in [7, 11) is 3.33. The first kappa shape index (κ1) is 7.54. The summed E-state index contributed by atoms with van der Waals surface area (Å²) in [5.74, 6) is -0.154. The normalized spacial score (nSPS) is 21.5. The molecule has 1 N–H and O–H groups in total. The summed E-state index contributed by atoms with van der Waals surface area (Å²) in [6, 6.07) is 0. The van der Waals surface area contributed by atoms with Gasteiger partial charge in [0.25, 0.3) is 5.91 Å². The zero-order valence-corrected chi connectivity index (χ0v) is 6.42. The van der Waals surface area contributed by atoms with Crippen LogP contribution < -0.4 is 0 Å². The summed E-state index contributed by atoms with van der Waals surface area (Å²) in [5, 5.41) is 9.46. The summed E-state index contributed by atoms with van der Waals surface area (Å²) in [6.07, 6.45) is 2.23. The maximum Gasteiger partial charge on any atom is 0.254 e. The first-order valence-electron chi connectivity index (χ1n) is 3.50. The molecular formula is C7H13NO2. The maximum atomic E-state index is 11.1. The quantitative estimate of drug-likeness (QED) is 0.561. The highest BCUT2D eigenvalue weighted by Gasteiger charge is 2.42. The number of hydrogen-bond acceptors (Lipinski definition) is 2. The largest absolute Gasteiger partial charge is 0.380 e. The summed E-state index contributed by atoms with van der Waals surface area (Å²) in [4.78, 5) is 12.6. The molecule has 0 aromatic carbocycles. The van der Waals surface area contributed by atoms with Crippen LogP contribution in [0, 0.1) is 0 Å². The van der Waals surface area contributed by atoms with Gasteiger partial charge >= 0.3 is 0 Å². The molecule has 3 nitrogen and oxygen atoms in total. The number of carbonyl (C=O) groups is 1. The van der Waals surface area contributed by atoms with Gasteiger partial charge < -0.3 is 10.0 Å². The van der Waals surface area contributed by atoms with Crippen molar-refractivity contribution in [2.45, 2.75) is 24.9 Å². The first-order chi connectivity index (χ1) is 4.56. The van der Waals surface area contributed by atoms with Gasteiger partial charge in [-0.2, -0.15) is 0 Å². The van der Waals surface area contributed by atoms with Gasteiger partial charge in [-0.3, -0.25) is 4.79 Å². The van der Waals surface area contributed by atoms with E-state index in [2.05, 4.69) is 0 Å². The number of amides is 1. The predicted octanol–water partition coefficient (Wildman–Crippen LogP) is -0.0104. The zero-order chi connectivity index (χ0) is 7.78. The van der Waals surface area contributed by atoms with Crippen molar-refractivity contribution in [3.05, 3.63) is 0 Å². The summed E-state index contributed by atoms with van der Waals surface area (Å²) in [6.45, 7) is 0. The second-order valence-electron chi connectivity index (χ2n) is 3.08. The monoisotopic (exact) mass is 143 g/mol. The number of aliphatic hydroxyl groups is 1. The van der Waals surface area contributed by atoms with E-state index in [1.165, 1.54) is 4.90 Å². The van der Waals surface area contributed by atoms with Crippen molar-refractivity contribution in [2.24, 2.45) is 0 Å². The van der Waals surface area contributed by atoms with Crippen LogP contribution in [0.5, 0.6) is 0 Å². The van der Waals surface area contributed by atoms with Crippen LogP contribution in [-0.2, 0) is 4.79 Å². The maximum absolute atomic E-state index is 11.1. The van der Waals surface area contributed by atoms with E-state index in [1.54, 1.807) is 14.1 Å². The molecule has 0 saturated heterocycles. The molecule has 1 fully saturated rings. The fraction of sp³-hybridized carbons (Fsp3) is 0.857. The second-order valence-corrected chi connectivity index (χ2v) is 3.08.